The molecule has 0 radical (unpaired) electrons. The Balaban J connectivity index is 2.66. The molecule has 1 rings (SSSR count). The third-order valence-electron chi connectivity index (χ3n) is 2.27. The molecular weight excluding hydrogens is 220 g/mol. The van der Waals surface area contributed by atoms with E-state index in [1.165, 1.54) is 0 Å². The summed E-state index contributed by atoms with van der Waals surface area (Å²) in [7, 11) is 0. The maximum atomic E-state index is 9.74. The van der Waals surface area contributed by atoms with Gasteiger partial charge in [0.15, 0.2) is 0 Å². The summed E-state index contributed by atoms with van der Waals surface area (Å²) in [4.78, 5) is 0. The van der Waals surface area contributed by atoms with E-state index in [1.54, 1.807) is 0 Å². The molecule has 90 valence electrons. The van der Waals surface area contributed by atoms with E-state index in [4.69, 9.17) is 14.6 Å². The first-order valence-corrected chi connectivity index (χ1v) is 5.45. The van der Waals surface area contributed by atoms with Crippen LogP contribution in [0.3, 0.4) is 0 Å². The summed E-state index contributed by atoms with van der Waals surface area (Å²) in [5.41, 5.74) is -0.650. The molecule has 0 amide bonds. The van der Waals surface area contributed by atoms with Gasteiger partial charge in [0.2, 0.25) is 0 Å². The first-order chi connectivity index (χ1) is 6.97. The molecule has 3 N–H and O–H groups in total. The average Bonchev–Trinajstić information content (AvgIpc) is 2.18. The SMILES string of the molecule is CC(C)O[C@@H]1[C@@H](O)[C@H](O)[C@@H](CO)O[C@H]1S. The largest absolute Gasteiger partial charge is 0.394 e. The molecule has 0 aliphatic carbocycles. The first-order valence-electron chi connectivity index (χ1n) is 4.93. The van der Waals surface area contributed by atoms with Crippen LogP contribution in [0.1, 0.15) is 13.8 Å². The molecule has 5 nitrogen and oxygen atoms in total. The van der Waals surface area contributed by atoms with E-state index >= 15 is 0 Å². The van der Waals surface area contributed by atoms with Crippen molar-refractivity contribution < 1.29 is 24.8 Å². The minimum Gasteiger partial charge on any atom is -0.394 e. The molecule has 1 aliphatic rings. The summed E-state index contributed by atoms with van der Waals surface area (Å²) in [5, 5.41) is 28.2. The van der Waals surface area contributed by atoms with Crippen LogP contribution in [-0.2, 0) is 9.47 Å². The van der Waals surface area contributed by atoms with Gasteiger partial charge in [-0.3, -0.25) is 0 Å². The van der Waals surface area contributed by atoms with Crippen molar-refractivity contribution in [3.05, 3.63) is 0 Å². The van der Waals surface area contributed by atoms with Gasteiger partial charge in [-0.2, -0.15) is 0 Å². The van der Waals surface area contributed by atoms with Crippen molar-refractivity contribution in [2.45, 2.75) is 49.8 Å². The third-order valence-corrected chi connectivity index (χ3v) is 2.69. The lowest BCUT2D eigenvalue weighted by Gasteiger charge is -2.40. The fourth-order valence-electron chi connectivity index (χ4n) is 1.53. The second kappa shape index (κ2) is 5.47. The van der Waals surface area contributed by atoms with E-state index < -0.39 is 29.9 Å². The number of ether oxygens (including phenoxy) is 2. The monoisotopic (exact) mass is 238 g/mol. The van der Waals surface area contributed by atoms with Crippen molar-refractivity contribution in [2.24, 2.45) is 0 Å². The summed E-state index contributed by atoms with van der Waals surface area (Å²) in [6.45, 7) is 3.28. The van der Waals surface area contributed by atoms with Gasteiger partial charge in [0.05, 0.1) is 12.7 Å². The maximum Gasteiger partial charge on any atom is 0.129 e. The number of hydrogen-bond donors (Lipinski definition) is 4. The topological polar surface area (TPSA) is 79.2 Å². The second-order valence-electron chi connectivity index (χ2n) is 3.88. The zero-order chi connectivity index (χ0) is 11.6. The van der Waals surface area contributed by atoms with Crippen LogP contribution in [-0.4, -0.2) is 57.9 Å². The quantitative estimate of drug-likeness (QED) is 0.482. The lowest BCUT2D eigenvalue weighted by molar-refractivity contribution is -0.225. The van der Waals surface area contributed by atoms with Gasteiger partial charge in [-0.25, -0.2) is 0 Å². The first kappa shape index (κ1) is 13.2. The molecule has 0 unspecified atom stereocenters. The highest BCUT2D eigenvalue weighted by Gasteiger charge is 2.43. The van der Waals surface area contributed by atoms with Gasteiger partial charge in [0, 0.05) is 0 Å². The Labute approximate surface area is 94.4 Å². The number of aliphatic hydroxyl groups is 3. The van der Waals surface area contributed by atoms with Crippen molar-refractivity contribution in [3.8, 4) is 0 Å². The molecule has 0 spiro atoms. The summed E-state index contributed by atoms with van der Waals surface area (Å²) >= 11 is 4.11. The molecule has 1 heterocycles. The highest BCUT2D eigenvalue weighted by Crippen LogP contribution is 2.26. The molecule has 0 aromatic heterocycles. The predicted molar refractivity (Wildman–Crippen MR) is 56.8 cm³/mol. The van der Waals surface area contributed by atoms with Crippen LogP contribution in [0, 0.1) is 0 Å². The molecule has 15 heavy (non-hydrogen) atoms. The van der Waals surface area contributed by atoms with Crippen molar-refractivity contribution in [2.75, 3.05) is 6.61 Å². The number of hydrogen-bond acceptors (Lipinski definition) is 6. The Kier molecular flexibility index (Phi) is 4.82. The molecule has 0 bridgehead atoms. The van der Waals surface area contributed by atoms with Crippen molar-refractivity contribution >= 4 is 12.6 Å². The van der Waals surface area contributed by atoms with E-state index in [0.717, 1.165) is 0 Å². The molecule has 1 saturated heterocycles. The van der Waals surface area contributed by atoms with E-state index in [0.29, 0.717) is 0 Å². The lowest BCUT2D eigenvalue weighted by atomic mass is 10.00. The zero-order valence-corrected chi connectivity index (χ0v) is 9.67. The molecular formula is C9H18O5S. The summed E-state index contributed by atoms with van der Waals surface area (Å²) in [5.74, 6) is 0. The van der Waals surface area contributed by atoms with Gasteiger partial charge in [-0.1, -0.05) is 0 Å². The number of aliphatic hydroxyl groups excluding tert-OH is 3. The van der Waals surface area contributed by atoms with Crippen LogP contribution in [0.2, 0.25) is 0 Å². The summed E-state index contributed by atoms with van der Waals surface area (Å²) in [6, 6.07) is 0. The molecule has 1 aliphatic heterocycles. The zero-order valence-electron chi connectivity index (χ0n) is 8.78. The molecule has 0 saturated carbocycles. The minimum atomic E-state index is -1.15. The Morgan fingerprint density at radius 1 is 1.33 bits per heavy atom. The van der Waals surface area contributed by atoms with E-state index in [-0.39, 0.29) is 12.7 Å². The molecule has 0 aromatic carbocycles. The normalized spacial score (nSPS) is 42.2. The Morgan fingerprint density at radius 3 is 2.40 bits per heavy atom. The van der Waals surface area contributed by atoms with Crippen LogP contribution in [0.15, 0.2) is 0 Å². The number of rotatable bonds is 3. The van der Waals surface area contributed by atoms with E-state index in [1.807, 2.05) is 13.8 Å². The van der Waals surface area contributed by atoms with Crippen molar-refractivity contribution in [1.29, 1.82) is 0 Å². The highest BCUT2D eigenvalue weighted by atomic mass is 32.1. The standard InChI is InChI=1S/C9H18O5S/c1-4(2)13-8-7(12)6(11)5(3-10)14-9(8)15/h4-12,15H,3H2,1-2H3/t5-,6-,7+,8-,9+/m1/s1. The van der Waals surface area contributed by atoms with Crippen LogP contribution in [0.25, 0.3) is 0 Å². The van der Waals surface area contributed by atoms with E-state index in [9.17, 15) is 10.2 Å². The maximum absolute atomic E-state index is 9.74. The second-order valence-corrected chi connectivity index (χ2v) is 4.39. The Bertz CT molecular complexity index is 201. The predicted octanol–water partition coefficient (Wildman–Crippen LogP) is -0.851. The van der Waals surface area contributed by atoms with E-state index in [2.05, 4.69) is 12.6 Å². The van der Waals surface area contributed by atoms with Crippen molar-refractivity contribution in [1.82, 2.24) is 0 Å². The van der Waals surface area contributed by atoms with Crippen LogP contribution < -0.4 is 0 Å². The van der Waals surface area contributed by atoms with Crippen LogP contribution in [0.4, 0.5) is 0 Å². The fraction of sp³-hybridized carbons (Fsp3) is 1.00. The van der Waals surface area contributed by atoms with Gasteiger partial charge >= 0.3 is 0 Å². The smallest absolute Gasteiger partial charge is 0.129 e. The minimum absolute atomic E-state index is 0.0965. The molecule has 6 heteroatoms. The molecule has 0 aromatic rings. The summed E-state index contributed by atoms with van der Waals surface area (Å²) < 4.78 is 10.6. The van der Waals surface area contributed by atoms with Gasteiger partial charge in [0.25, 0.3) is 0 Å². The van der Waals surface area contributed by atoms with Gasteiger partial charge in [0.1, 0.15) is 29.9 Å². The van der Waals surface area contributed by atoms with Gasteiger partial charge < -0.3 is 24.8 Å². The number of thiol groups is 1. The molecule has 1 fully saturated rings. The Morgan fingerprint density at radius 2 is 1.93 bits per heavy atom. The fourth-order valence-corrected chi connectivity index (χ4v) is 1.94. The Hall–Kier alpha value is 0.150. The van der Waals surface area contributed by atoms with Crippen LogP contribution >= 0.6 is 12.6 Å². The molecule has 5 atom stereocenters. The van der Waals surface area contributed by atoms with Gasteiger partial charge in [-0.05, 0) is 13.8 Å². The summed E-state index contributed by atoms with van der Waals surface area (Å²) in [6.07, 6.45) is -3.84. The van der Waals surface area contributed by atoms with Crippen LogP contribution in [0.5, 0.6) is 0 Å². The average molecular weight is 238 g/mol. The highest BCUT2D eigenvalue weighted by molar-refractivity contribution is 7.80. The third kappa shape index (κ3) is 3.05. The lowest BCUT2D eigenvalue weighted by Crippen LogP contribution is -2.58. The van der Waals surface area contributed by atoms with Crippen molar-refractivity contribution in [3.63, 3.8) is 0 Å². The van der Waals surface area contributed by atoms with Gasteiger partial charge in [-0.15, -0.1) is 12.6 Å².